The summed E-state index contributed by atoms with van der Waals surface area (Å²) in [4.78, 5) is 14.0. The fourth-order valence-electron chi connectivity index (χ4n) is 3.92. The number of carbonyl (C=O) groups is 1. The fourth-order valence-corrected chi connectivity index (χ4v) is 3.92. The van der Waals surface area contributed by atoms with Crippen molar-refractivity contribution in [3.8, 4) is 0 Å². The molecule has 3 heteroatoms. The Balaban J connectivity index is 1.37. The topological polar surface area (TPSA) is 32.3 Å². The minimum Gasteiger partial charge on any atom is -0.345 e. The van der Waals surface area contributed by atoms with Crippen molar-refractivity contribution in [2.45, 2.75) is 51.0 Å². The summed E-state index contributed by atoms with van der Waals surface area (Å²) in [5, 5.41) is 3.42. The highest BCUT2D eigenvalue weighted by molar-refractivity contribution is 5.76. The van der Waals surface area contributed by atoms with Crippen LogP contribution in [0.5, 0.6) is 0 Å². The molecule has 0 radical (unpaired) electrons. The Kier molecular flexibility index (Phi) is 3.60. The number of amides is 1. The van der Waals surface area contributed by atoms with Gasteiger partial charge in [0.15, 0.2) is 0 Å². The fraction of sp³-hybridized carbons (Fsp3) is 0.933. The molecule has 0 aromatic carbocycles. The van der Waals surface area contributed by atoms with Gasteiger partial charge < -0.3 is 10.2 Å². The maximum Gasteiger partial charge on any atom is 0.223 e. The van der Waals surface area contributed by atoms with Crippen molar-refractivity contribution in [1.82, 2.24) is 10.2 Å². The predicted octanol–water partition coefficient (Wildman–Crippen LogP) is 2.02. The predicted molar refractivity (Wildman–Crippen MR) is 72.2 cm³/mol. The average molecular weight is 250 g/mol. The van der Waals surface area contributed by atoms with Crippen LogP contribution in [0.25, 0.3) is 0 Å². The highest BCUT2D eigenvalue weighted by Crippen LogP contribution is 2.48. The molecule has 0 saturated heterocycles. The first kappa shape index (κ1) is 12.5. The van der Waals surface area contributed by atoms with E-state index >= 15 is 0 Å². The van der Waals surface area contributed by atoms with Gasteiger partial charge in [-0.25, -0.2) is 0 Å². The molecule has 1 amide bonds. The zero-order valence-electron chi connectivity index (χ0n) is 11.5. The maximum atomic E-state index is 12.0. The summed E-state index contributed by atoms with van der Waals surface area (Å²) in [5.74, 6) is 3.04. The Morgan fingerprint density at radius 3 is 2.67 bits per heavy atom. The van der Waals surface area contributed by atoms with Crippen molar-refractivity contribution in [3.63, 3.8) is 0 Å². The molecule has 3 atom stereocenters. The second-order valence-electron chi connectivity index (χ2n) is 6.69. The van der Waals surface area contributed by atoms with Gasteiger partial charge in [-0.05, 0) is 49.9 Å². The van der Waals surface area contributed by atoms with Crippen LogP contribution in [0.2, 0.25) is 0 Å². The zero-order valence-corrected chi connectivity index (χ0v) is 11.5. The molecule has 0 heterocycles. The van der Waals surface area contributed by atoms with Crippen molar-refractivity contribution in [1.29, 1.82) is 0 Å². The molecule has 3 aliphatic carbocycles. The van der Waals surface area contributed by atoms with E-state index in [4.69, 9.17) is 0 Å². The first-order valence-electron chi connectivity index (χ1n) is 7.69. The molecular weight excluding hydrogens is 224 g/mol. The summed E-state index contributed by atoms with van der Waals surface area (Å²) in [6, 6.07) is 0.716. The summed E-state index contributed by atoms with van der Waals surface area (Å²) >= 11 is 0. The van der Waals surface area contributed by atoms with Gasteiger partial charge in [-0.2, -0.15) is 0 Å². The zero-order chi connectivity index (χ0) is 12.5. The van der Waals surface area contributed by atoms with E-state index in [1.807, 2.05) is 11.9 Å². The lowest BCUT2D eigenvalue weighted by molar-refractivity contribution is -0.130. The molecule has 3 fully saturated rings. The number of nitrogens with one attached hydrogen (secondary N) is 1. The van der Waals surface area contributed by atoms with Crippen LogP contribution in [0.15, 0.2) is 0 Å². The molecule has 3 unspecified atom stereocenters. The minimum absolute atomic E-state index is 0.325. The van der Waals surface area contributed by atoms with Crippen molar-refractivity contribution in [2.75, 3.05) is 20.1 Å². The van der Waals surface area contributed by atoms with Crippen LogP contribution in [-0.2, 0) is 4.79 Å². The number of nitrogens with zero attached hydrogens (tertiary/aromatic N) is 1. The van der Waals surface area contributed by atoms with E-state index in [9.17, 15) is 4.79 Å². The van der Waals surface area contributed by atoms with Gasteiger partial charge in [-0.1, -0.05) is 6.42 Å². The first-order chi connectivity index (χ1) is 8.72. The molecule has 3 aliphatic rings. The number of carbonyl (C=O) groups excluding carboxylic acids is 1. The number of hydrogen-bond donors (Lipinski definition) is 1. The van der Waals surface area contributed by atoms with E-state index in [1.54, 1.807) is 0 Å². The quantitative estimate of drug-likeness (QED) is 0.782. The molecule has 3 nitrogen and oxygen atoms in total. The normalized spacial score (nSPS) is 33.9. The molecule has 0 aliphatic heterocycles. The number of hydrogen-bond acceptors (Lipinski definition) is 2. The second-order valence-corrected chi connectivity index (χ2v) is 6.69. The third-order valence-corrected chi connectivity index (χ3v) is 5.17. The van der Waals surface area contributed by atoms with Crippen molar-refractivity contribution >= 4 is 5.91 Å². The van der Waals surface area contributed by atoms with Crippen LogP contribution in [0.3, 0.4) is 0 Å². The molecule has 3 saturated carbocycles. The monoisotopic (exact) mass is 250 g/mol. The first-order valence-corrected chi connectivity index (χ1v) is 7.69. The van der Waals surface area contributed by atoms with Gasteiger partial charge in [0.1, 0.15) is 0 Å². The molecule has 1 N–H and O–H groups in total. The van der Waals surface area contributed by atoms with E-state index in [-0.39, 0.29) is 0 Å². The molecule has 102 valence electrons. The second kappa shape index (κ2) is 5.20. The molecule has 0 aromatic rings. The average Bonchev–Trinajstić information content (AvgIpc) is 2.95. The van der Waals surface area contributed by atoms with Gasteiger partial charge in [0.25, 0.3) is 0 Å². The third-order valence-electron chi connectivity index (χ3n) is 5.17. The summed E-state index contributed by atoms with van der Waals surface area (Å²) in [5.41, 5.74) is 0. The smallest absolute Gasteiger partial charge is 0.223 e. The van der Waals surface area contributed by atoms with Crippen LogP contribution in [0.4, 0.5) is 0 Å². The van der Waals surface area contributed by atoms with Crippen LogP contribution < -0.4 is 5.32 Å². The molecule has 0 spiro atoms. The molecular formula is C15H26N2O. The Morgan fingerprint density at radius 1 is 1.22 bits per heavy atom. The Labute approximate surface area is 110 Å². The van der Waals surface area contributed by atoms with E-state index < -0.39 is 0 Å². The maximum absolute atomic E-state index is 12.0. The van der Waals surface area contributed by atoms with Crippen LogP contribution in [-0.4, -0.2) is 37.0 Å². The lowest BCUT2D eigenvalue weighted by atomic mass is 9.88. The van der Waals surface area contributed by atoms with Gasteiger partial charge in [0, 0.05) is 32.6 Å². The number of fused-ring (bicyclic) bond motifs is 2. The third kappa shape index (κ3) is 2.87. The highest BCUT2D eigenvalue weighted by atomic mass is 16.2. The Bertz CT molecular complexity index is 314. The van der Waals surface area contributed by atoms with E-state index in [1.165, 1.54) is 38.5 Å². The summed E-state index contributed by atoms with van der Waals surface area (Å²) in [6.45, 7) is 1.87. The summed E-state index contributed by atoms with van der Waals surface area (Å²) in [6.07, 6.45) is 8.96. The summed E-state index contributed by atoms with van der Waals surface area (Å²) < 4.78 is 0. The lowest BCUT2D eigenvalue weighted by Crippen LogP contribution is -2.35. The Hall–Kier alpha value is -0.570. The van der Waals surface area contributed by atoms with Crippen molar-refractivity contribution in [2.24, 2.45) is 17.8 Å². The van der Waals surface area contributed by atoms with E-state index in [0.29, 0.717) is 18.4 Å². The number of rotatable bonds is 6. The molecule has 18 heavy (non-hydrogen) atoms. The lowest BCUT2D eigenvalue weighted by Gasteiger charge is -2.27. The van der Waals surface area contributed by atoms with Gasteiger partial charge in [-0.15, -0.1) is 0 Å². The van der Waals surface area contributed by atoms with Crippen molar-refractivity contribution in [3.05, 3.63) is 0 Å². The van der Waals surface area contributed by atoms with Gasteiger partial charge in [0.2, 0.25) is 5.91 Å². The minimum atomic E-state index is 0.325. The van der Waals surface area contributed by atoms with Crippen LogP contribution >= 0.6 is 0 Å². The van der Waals surface area contributed by atoms with E-state index in [2.05, 4.69) is 5.32 Å². The van der Waals surface area contributed by atoms with Gasteiger partial charge in [0.05, 0.1) is 0 Å². The van der Waals surface area contributed by atoms with E-state index in [0.717, 1.165) is 30.8 Å². The largest absolute Gasteiger partial charge is 0.345 e. The Morgan fingerprint density at radius 2 is 2.06 bits per heavy atom. The van der Waals surface area contributed by atoms with Crippen LogP contribution in [0, 0.1) is 17.8 Å². The molecule has 2 bridgehead atoms. The van der Waals surface area contributed by atoms with Crippen molar-refractivity contribution < 1.29 is 4.79 Å². The SMILES string of the molecule is CN(CC1CC2CCC1C2)C(=O)CCNC1CC1. The highest BCUT2D eigenvalue weighted by Gasteiger charge is 2.39. The standard InChI is InChI=1S/C15H26N2O/c1-17(15(18)6-7-16-14-4-5-14)10-13-9-11-2-3-12(13)8-11/h11-14,16H,2-10H2,1H3. The van der Waals surface area contributed by atoms with Crippen LogP contribution in [0.1, 0.15) is 44.9 Å². The summed E-state index contributed by atoms with van der Waals surface area (Å²) in [7, 11) is 1.99. The van der Waals surface area contributed by atoms with Gasteiger partial charge in [-0.3, -0.25) is 4.79 Å². The molecule has 0 aromatic heterocycles. The molecule has 3 rings (SSSR count). The van der Waals surface area contributed by atoms with Gasteiger partial charge >= 0.3 is 0 Å².